The highest BCUT2D eigenvalue weighted by atomic mass is 35.5. The summed E-state index contributed by atoms with van der Waals surface area (Å²) in [6.45, 7) is 3.44. The van der Waals surface area contributed by atoms with Crippen LogP contribution in [0, 0.1) is 10.1 Å². The molecule has 2 N–H and O–H groups in total. The smallest absolute Gasteiger partial charge is 0.271 e. The van der Waals surface area contributed by atoms with Crippen molar-refractivity contribution in [2.24, 2.45) is 0 Å². The number of carbonyl (C=O) groups is 1. The van der Waals surface area contributed by atoms with Crippen molar-refractivity contribution in [1.29, 1.82) is 0 Å². The number of carbonyl (C=O) groups excluding carboxylic acids is 1. The van der Waals surface area contributed by atoms with Crippen LogP contribution < -0.4 is 5.32 Å². The number of rotatable bonds is 5. The van der Waals surface area contributed by atoms with Crippen LogP contribution in [0.25, 0.3) is 0 Å². The Kier molecular flexibility index (Phi) is 4.85. The predicted octanol–water partition coefficient (Wildman–Crippen LogP) is 2.14. The van der Waals surface area contributed by atoms with E-state index < -0.39 is 16.4 Å². The Hall–Kier alpha value is -1.66. The highest BCUT2D eigenvalue weighted by molar-refractivity contribution is 6.31. The molecule has 0 bridgehead atoms. The van der Waals surface area contributed by atoms with Crippen molar-refractivity contribution in [3.8, 4) is 0 Å². The SMILES string of the molecule is CCC(C)(O)CNC(=O)c1cc(Cl)cc([N+](=O)[O-])c1. The number of hydrogen-bond acceptors (Lipinski definition) is 4. The van der Waals surface area contributed by atoms with Crippen molar-refractivity contribution in [1.82, 2.24) is 5.32 Å². The fraction of sp³-hybridized carbons (Fsp3) is 0.417. The summed E-state index contributed by atoms with van der Waals surface area (Å²) in [5, 5.41) is 23.1. The van der Waals surface area contributed by atoms with Crippen LogP contribution in [-0.2, 0) is 0 Å². The third-order valence-electron chi connectivity index (χ3n) is 2.75. The van der Waals surface area contributed by atoms with E-state index in [1.165, 1.54) is 12.1 Å². The van der Waals surface area contributed by atoms with Gasteiger partial charge in [-0.2, -0.15) is 0 Å². The molecule has 0 heterocycles. The van der Waals surface area contributed by atoms with Gasteiger partial charge in [-0.25, -0.2) is 0 Å². The molecule has 1 unspecified atom stereocenters. The zero-order chi connectivity index (χ0) is 14.6. The number of aliphatic hydroxyl groups is 1. The molecule has 1 aromatic carbocycles. The summed E-state index contributed by atoms with van der Waals surface area (Å²) < 4.78 is 0. The summed E-state index contributed by atoms with van der Waals surface area (Å²) in [5.41, 5.74) is -1.17. The number of non-ortho nitro benzene ring substituents is 1. The summed E-state index contributed by atoms with van der Waals surface area (Å²) >= 11 is 5.72. The number of hydrogen-bond donors (Lipinski definition) is 2. The zero-order valence-corrected chi connectivity index (χ0v) is 11.4. The lowest BCUT2D eigenvalue weighted by molar-refractivity contribution is -0.384. The number of amides is 1. The molecule has 0 aliphatic carbocycles. The maximum absolute atomic E-state index is 11.8. The second-order valence-electron chi connectivity index (χ2n) is 4.49. The Morgan fingerprint density at radius 3 is 2.68 bits per heavy atom. The Morgan fingerprint density at radius 2 is 2.16 bits per heavy atom. The minimum absolute atomic E-state index is 0.0582. The molecular weight excluding hydrogens is 272 g/mol. The summed E-state index contributed by atoms with van der Waals surface area (Å²) in [7, 11) is 0. The van der Waals surface area contributed by atoms with Gasteiger partial charge in [0.25, 0.3) is 11.6 Å². The minimum Gasteiger partial charge on any atom is -0.388 e. The molecule has 1 rings (SSSR count). The van der Waals surface area contributed by atoms with Crippen LogP contribution in [0.1, 0.15) is 30.6 Å². The lowest BCUT2D eigenvalue weighted by Crippen LogP contribution is -2.40. The number of nitrogens with zero attached hydrogens (tertiary/aromatic N) is 1. The number of nitro groups is 1. The first kappa shape index (κ1) is 15.4. The Balaban J connectivity index is 2.85. The molecule has 0 aliphatic heterocycles. The molecule has 0 spiro atoms. The van der Waals surface area contributed by atoms with Crippen LogP contribution in [0.3, 0.4) is 0 Å². The molecule has 6 nitrogen and oxygen atoms in total. The molecular formula is C12H15ClN2O4. The molecule has 0 saturated carbocycles. The molecule has 1 atom stereocenters. The summed E-state index contributed by atoms with van der Waals surface area (Å²) in [6, 6.07) is 3.65. The second kappa shape index (κ2) is 5.99. The molecule has 7 heteroatoms. The second-order valence-corrected chi connectivity index (χ2v) is 4.92. The van der Waals surface area contributed by atoms with Crippen LogP contribution in [0.4, 0.5) is 5.69 Å². The van der Waals surface area contributed by atoms with Gasteiger partial charge in [0.2, 0.25) is 0 Å². The van der Waals surface area contributed by atoms with E-state index in [0.29, 0.717) is 6.42 Å². The van der Waals surface area contributed by atoms with Crippen LogP contribution in [0.2, 0.25) is 5.02 Å². The number of benzene rings is 1. The first-order chi connectivity index (χ1) is 8.75. The van der Waals surface area contributed by atoms with Gasteiger partial charge >= 0.3 is 0 Å². The van der Waals surface area contributed by atoms with Gasteiger partial charge in [-0.1, -0.05) is 18.5 Å². The zero-order valence-electron chi connectivity index (χ0n) is 10.6. The van der Waals surface area contributed by atoms with Crippen LogP contribution in [0.15, 0.2) is 18.2 Å². The van der Waals surface area contributed by atoms with E-state index in [4.69, 9.17) is 11.6 Å². The van der Waals surface area contributed by atoms with E-state index in [-0.39, 0.29) is 22.8 Å². The maximum atomic E-state index is 11.8. The minimum atomic E-state index is -1.01. The van der Waals surface area contributed by atoms with Crippen LogP contribution in [-0.4, -0.2) is 28.1 Å². The highest BCUT2D eigenvalue weighted by Gasteiger charge is 2.20. The topological polar surface area (TPSA) is 92.5 Å². The first-order valence-corrected chi connectivity index (χ1v) is 6.08. The van der Waals surface area contributed by atoms with E-state index in [9.17, 15) is 20.0 Å². The molecule has 0 radical (unpaired) electrons. The fourth-order valence-electron chi connectivity index (χ4n) is 1.31. The van der Waals surface area contributed by atoms with Gasteiger partial charge in [-0.3, -0.25) is 14.9 Å². The van der Waals surface area contributed by atoms with Gasteiger partial charge < -0.3 is 10.4 Å². The Morgan fingerprint density at radius 1 is 1.53 bits per heavy atom. The summed E-state index contributed by atoms with van der Waals surface area (Å²) in [4.78, 5) is 21.9. The van der Waals surface area contributed by atoms with E-state index in [1.54, 1.807) is 13.8 Å². The standard InChI is InChI=1S/C12H15ClN2O4/c1-3-12(2,17)7-14-11(16)8-4-9(13)6-10(5-8)15(18)19/h4-6,17H,3,7H2,1-2H3,(H,14,16). The van der Waals surface area contributed by atoms with Gasteiger partial charge in [0.15, 0.2) is 0 Å². The summed E-state index contributed by atoms with van der Waals surface area (Å²) in [5.74, 6) is -0.515. The van der Waals surface area contributed by atoms with Crippen LogP contribution in [0.5, 0.6) is 0 Å². The normalized spacial score (nSPS) is 13.7. The van der Waals surface area contributed by atoms with Crippen LogP contribution >= 0.6 is 11.6 Å². The largest absolute Gasteiger partial charge is 0.388 e. The molecule has 0 aromatic heterocycles. The lowest BCUT2D eigenvalue weighted by Gasteiger charge is -2.21. The average molecular weight is 287 g/mol. The molecule has 104 valence electrons. The molecule has 19 heavy (non-hydrogen) atoms. The lowest BCUT2D eigenvalue weighted by atomic mass is 10.0. The number of halogens is 1. The van der Waals surface area contributed by atoms with Gasteiger partial charge in [0, 0.05) is 29.3 Å². The highest BCUT2D eigenvalue weighted by Crippen LogP contribution is 2.21. The quantitative estimate of drug-likeness (QED) is 0.640. The first-order valence-electron chi connectivity index (χ1n) is 5.71. The molecule has 1 aromatic rings. The Labute approximate surface area is 115 Å². The molecule has 0 aliphatic rings. The molecule has 0 fully saturated rings. The van der Waals surface area contributed by atoms with E-state index in [0.717, 1.165) is 6.07 Å². The predicted molar refractivity (Wildman–Crippen MR) is 71.4 cm³/mol. The van der Waals surface area contributed by atoms with Crippen molar-refractivity contribution in [2.75, 3.05) is 6.54 Å². The van der Waals surface area contributed by atoms with Gasteiger partial charge in [0.05, 0.1) is 10.5 Å². The van der Waals surface area contributed by atoms with Crippen molar-refractivity contribution in [3.63, 3.8) is 0 Å². The molecule has 1 amide bonds. The van der Waals surface area contributed by atoms with Crippen molar-refractivity contribution < 1.29 is 14.8 Å². The average Bonchev–Trinajstić information content (AvgIpc) is 2.35. The third kappa shape index (κ3) is 4.50. The van der Waals surface area contributed by atoms with Crippen molar-refractivity contribution >= 4 is 23.2 Å². The third-order valence-corrected chi connectivity index (χ3v) is 2.97. The Bertz CT molecular complexity index is 503. The summed E-state index contributed by atoms with van der Waals surface area (Å²) in [6.07, 6.45) is 0.475. The van der Waals surface area contributed by atoms with Crippen molar-refractivity contribution in [3.05, 3.63) is 38.9 Å². The maximum Gasteiger partial charge on any atom is 0.271 e. The monoisotopic (exact) mass is 286 g/mol. The van der Waals surface area contributed by atoms with E-state index in [2.05, 4.69) is 5.32 Å². The fourth-order valence-corrected chi connectivity index (χ4v) is 1.54. The number of nitro benzene ring substituents is 1. The molecule has 0 saturated heterocycles. The van der Waals surface area contributed by atoms with E-state index >= 15 is 0 Å². The van der Waals surface area contributed by atoms with Gasteiger partial charge in [0.1, 0.15) is 0 Å². The number of nitrogens with one attached hydrogen (secondary N) is 1. The van der Waals surface area contributed by atoms with Gasteiger partial charge in [-0.15, -0.1) is 0 Å². The van der Waals surface area contributed by atoms with E-state index in [1.807, 2.05) is 0 Å². The van der Waals surface area contributed by atoms with Gasteiger partial charge in [-0.05, 0) is 19.4 Å². The van der Waals surface area contributed by atoms with Crippen molar-refractivity contribution in [2.45, 2.75) is 25.9 Å².